The van der Waals surface area contributed by atoms with Gasteiger partial charge in [-0.25, -0.2) is 5.43 Å². The van der Waals surface area contributed by atoms with Crippen molar-refractivity contribution in [3.63, 3.8) is 0 Å². The molecule has 1 amide bonds. The number of nitro groups is 1. The third kappa shape index (κ3) is 4.96. The number of amides is 1. The van der Waals surface area contributed by atoms with Crippen molar-refractivity contribution in [2.45, 2.75) is 6.61 Å². The molecule has 0 aromatic heterocycles. The van der Waals surface area contributed by atoms with Gasteiger partial charge in [0.1, 0.15) is 12.4 Å². The van der Waals surface area contributed by atoms with Gasteiger partial charge in [0.25, 0.3) is 11.6 Å². The lowest BCUT2D eigenvalue weighted by atomic mass is 10.1. The maximum atomic E-state index is 12.1. The van der Waals surface area contributed by atoms with Gasteiger partial charge in [-0.05, 0) is 58.3 Å². The third-order valence-corrected chi connectivity index (χ3v) is 4.87. The zero-order chi connectivity index (χ0) is 22.3. The van der Waals surface area contributed by atoms with Crippen molar-refractivity contribution in [2.24, 2.45) is 5.10 Å². The second-order valence-corrected chi connectivity index (χ2v) is 7.00. The number of rotatable bonds is 7. The van der Waals surface area contributed by atoms with Gasteiger partial charge >= 0.3 is 0 Å². The van der Waals surface area contributed by atoms with Gasteiger partial charge in [0.15, 0.2) is 0 Å². The van der Waals surface area contributed by atoms with Crippen molar-refractivity contribution in [3.05, 3.63) is 118 Å². The van der Waals surface area contributed by atoms with E-state index in [4.69, 9.17) is 4.74 Å². The lowest BCUT2D eigenvalue weighted by molar-refractivity contribution is -0.384. The van der Waals surface area contributed by atoms with Crippen LogP contribution in [0, 0.1) is 10.1 Å². The Labute approximate surface area is 184 Å². The van der Waals surface area contributed by atoms with E-state index < -0.39 is 10.8 Å². The standard InChI is InChI=1S/C25H19N3O4/c29-25(20-10-12-22(13-11-20)28(30)31)27-26-16-18-8-14-23(15-9-18)32-17-21-6-3-5-19-4-1-2-7-24(19)21/h1-16H,17H2,(H,27,29)/b26-16-. The first kappa shape index (κ1) is 20.7. The summed E-state index contributed by atoms with van der Waals surface area (Å²) in [6, 6.07) is 27.0. The minimum Gasteiger partial charge on any atom is -0.489 e. The van der Waals surface area contributed by atoms with Gasteiger partial charge in [-0.15, -0.1) is 0 Å². The highest BCUT2D eigenvalue weighted by atomic mass is 16.6. The second-order valence-electron chi connectivity index (χ2n) is 7.00. The number of hydrazone groups is 1. The van der Waals surface area contributed by atoms with Crippen molar-refractivity contribution in [2.75, 3.05) is 0 Å². The summed E-state index contributed by atoms with van der Waals surface area (Å²) in [5.41, 5.74) is 4.51. The molecule has 0 spiro atoms. The summed E-state index contributed by atoms with van der Waals surface area (Å²) in [6.07, 6.45) is 1.51. The Balaban J connectivity index is 1.32. The molecule has 4 rings (SSSR count). The van der Waals surface area contributed by atoms with Crippen LogP contribution in [0.5, 0.6) is 5.75 Å². The molecule has 32 heavy (non-hydrogen) atoms. The molecule has 0 aliphatic rings. The minimum absolute atomic E-state index is 0.0761. The second kappa shape index (κ2) is 9.53. The smallest absolute Gasteiger partial charge is 0.271 e. The van der Waals surface area contributed by atoms with Crippen LogP contribution in [0.15, 0.2) is 96.1 Å². The van der Waals surface area contributed by atoms with Gasteiger partial charge in [0.05, 0.1) is 11.1 Å². The Morgan fingerprint density at radius 1 is 0.938 bits per heavy atom. The predicted octanol–water partition coefficient (Wildman–Crippen LogP) is 5.09. The first-order valence-corrected chi connectivity index (χ1v) is 9.87. The Bertz CT molecular complexity index is 1280. The topological polar surface area (TPSA) is 93.8 Å². The Morgan fingerprint density at radius 3 is 2.41 bits per heavy atom. The molecule has 0 heterocycles. The summed E-state index contributed by atoms with van der Waals surface area (Å²) in [4.78, 5) is 22.2. The number of nitrogens with one attached hydrogen (secondary N) is 1. The zero-order valence-electron chi connectivity index (χ0n) is 17.0. The van der Waals surface area contributed by atoms with Crippen LogP contribution < -0.4 is 10.2 Å². The molecule has 1 N–H and O–H groups in total. The minimum atomic E-state index is -0.519. The lowest BCUT2D eigenvalue weighted by Gasteiger charge is -2.09. The van der Waals surface area contributed by atoms with Crippen molar-refractivity contribution >= 4 is 28.6 Å². The van der Waals surface area contributed by atoms with E-state index in [1.807, 2.05) is 42.5 Å². The highest BCUT2D eigenvalue weighted by molar-refractivity contribution is 5.95. The number of non-ortho nitro benzene ring substituents is 1. The molecule has 0 atom stereocenters. The fourth-order valence-electron chi connectivity index (χ4n) is 3.19. The Morgan fingerprint density at radius 2 is 1.66 bits per heavy atom. The molecular weight excluding hydrogens is 406 g/mol. The molecule has 0 saturated carbocycles. The summed E-state index contributed by atoms with van der Waals surface area (Å²) in [7, 11) is 0. The molecule has 0 unspecified atom stereocenters. The monoisotopic (exact) mass is 425 g/mol. The maximum absolute atomic E-state index is 12.1. The highest BCUT2D eigenvalue weighted by Crippen LogP contribution is 2.21. The van der Waals surface area contributed by atoms with Gasteiger partial charge in [0, 0.05) is 17.7 Å². The summed E-state index contributed by atoms with van der Waals surface area (Å²) in [6.45, 7) is 0.458. The van der Waals surface area contributed by atoms with Crippen molar-refractivity contribution in [1.29, 1.82) is 0 Å². The molecular formula is C25H19N3O4. The van der Waals surface area contributed by atoms with Crippen LogP contribution in [0.4, 0.5) is 5.69 Å². The molecule has 7 nitrogen and oxygen atoms in total. The van der Waals surface area contributed by atoms with Crippen LogP contribution in [0.1, 0.15) is 21.5 Å². The number of nitrogens with zero attached hydrogens (tertiary/aromatic N) is 2. The van der Waals surface area contributed by atoms with E-state index in [-0.39, 0.29) is 11.3 Å². The van der Waals surface area contributed by atoms with Gasteiger partial charge in [0.2, 0.25) is 0 Å². The number of fused-ring (bicyclic) bond motifs is 1. The SMILES string of the molecule is O=C(N/N=C\c1ccc(OCc2cccc3ccccc23)cc1)c1ccc([N+](=O)[O-])cc1. The molecule has 0 aliphatic carbocycles. The van der Waals surface area contributed by atoms with Crippen LogP contribution in [0.25, 0.3) is 10.8 Å². The summed E-state index contributed by atoms with van der Waals surface area (Å²) >= 11 is 0. The normalized spacial score (nSPS) is 10.9. The molecule has 4 aromatic rings. The predicted molar refractivity (Wildman–Crippen MR) is 123 cm³/mol. The highest BCUT2D eigenvalue weighted by Gasteiger charge is 2.08. The maximum Gasteiger partial charge on any atom is 0.271 e. The van der Waals surface area contributed by atoms with E-state index in [9.17, 15) is 14.9 Å². The lowest BCUT2D eigenvalue weighted by Crippen LogP contribution is -2.17. The Hall–Kier alpha value is -4.52. The zero-order valence-corrected chi connectivity index (χ0v) is 17.0. The average Bonchev–Trinajstić information content (AvgIpc) is 2.83. The quantitative estimate of drug-likeness (QED) is 0.253. The van der Waals surface area contributed by atoms with E-state index in [0.717, 1.165) is 16.9 Å². The fourth-order valence-corrected chi connectivity index (χ4v) is 3.19. The van der Waals surface area contributed by atoms with E-state index in [1.54, 1.807) is 0 Å². The van der Waals surface area contributed by atoms with Crippen LogP contribution in [0.2, 0.25) is 0 Å². The number of nitro benzene ring substituents is 1. The fraction of sp³-hybridized carbons (Fsp3) is 0.0400. The van der Waals surface area contributed by atoms with Gasteiger partial charge in [-0.1, -0.05) is 42.5 Å². The van der Waals surface area contributed by atoms with Crippen LogP contribution >= 0.6 is 0 Å². The number of ether oxygens (including phenoxy) is 1. The van der Waals surface area contributed by atoms with Gasteiger partial charge < -0.3 is 4.74 Å². The molecule has 7 heteroatoms. The number of carbonyl (C=O) groups is 1. The average molecular weight is 425 g/mol. The summed E-state index contributed by atoms with van der Waals surface area (Å²) < 4.78 is 5.92. The third-order valence-electron chi connectivity index (χ3n) is 4.87. The van der Waals surface area contributed by atoms with Crippen LogP contribution in [0.3, 0.4) is 0 Å². The first-order valence-electron chi connectivity index (χ1n) is 9.87. The number of hydrogen-bond donors (Lipinski definition) is 1. The molecule has 4 aromatic carbocycles. The molecule has 158 valence electrons. The first-order chi connectivity index (χ1) is 15.6. The molecule has 0 bridgehead atoms. The van der Waals surface area contributed by atoms with E-state index in [0.29, 0.717) is 6.61 Å². The molecule has 0 aliphatic heterocycles. The number of hydrogen-bond acceptors (Lipinski definition) is 5. The molecule has 0 radical (unpaired) electrons. The summed E-state index contributed by atoms with van der Waals surface area (Å²) in [5, 5.41) is 17.0. The van der Waals surface area contributed by atoms with Crippen LogP contribution in [-0.4, -0.2) is 17.0 Å². The van der Waals surface area contributed by atoms with E-state index in [2.05, 4.69) is 34.8 Å². The van der Waals surface area contributed by atoms with E-state index >= 15 is 0 Å². The van der Waals surface area contributed by atoms with Crippen molar-refractivity contribution < 1.29 is 14.5 Å². The van der Waals surface area contributed by atoms with Gasteiger partial charge in [-0.2, -0.15) is 5.10 Å². The largest absolute Gasteiger partial charge is 0.489 e. The van der Waals surface area contributed by atoms with Crippen LogP contribution in [-0.2, 0) is 6.61 Å². The van der Waals surface area contributed by atoms with Crippen molar-refractivity contribution in [1.82, 2.24) is 5.43 Å². The molecule has 0 saturated heterocycles. The Kier molecular flexibility index (Phi) is 6.17. The molecule has 0 fully saturated rings. The van der Waals surface area contributed by atoms with Gasteiger partial charge in [-0.3, -0.25) is 14.9 Å². The number of benzene rings is 4. The summed E-state index contributed by atoms with van der Waals surface area (Å²) in [5.74, 6) is 0.274. The number of carbonyl (C=O) groups excluding carboxylic acids is 1. The van der Waals surface area contributed by atoms with Crippen molar-refractivity contribution in [3.8, 4) is 5.75 Å². The van der Waals surface area contributed by atoms with E-state index in [1.165, 1.54) is 41.3 Å².